The maximum atomic E-state index is 12.6. The van der Waals surface area contributed by atoms with Gasteiger partial charge in [-0.1, -0.05) is 41.4 Å². The van der Waals surface area contributed by atoms with E-state index >= 15 is 0 Å². The Morgan fingerprint density at radius 3 is 2.64 bits per heavy atom. The van der Waals surface area contributed by atoms with Crippen molar-refractivity contribution in [2.24, 2.45) is 5.73 Å². The smallest absolute Gasteiger partial charge is 0.257 e. The summed E-state index contributed by atoms with van der Waals surface area (Å²) in [6.45, 7) is 0.269. The number of carbonyl (C=O) groups is 1. The zero-order valence-corrected chi connectivity index (χ0v) is 14.7. The number of nitrogens with one attached hydrogen (secondary N) is 1. The van der Waals surface area contributed by atoms with Gasteiger partial charge in [0.15, 0.2) is 0 Å². The van der Waals surface area contributed by atoms with Gasteiger partial charge in [-0.15, -0.1) is 0 Å². The molecule has 0 saturated heterocycles. The normalized spacial score (nSPS) is 10.5. The maximum absolute atomic E-state index is 12.6. The first-order chi connectivity index (χ1) is 12.1. The number of hydrogen-bond donors (Lipinski definition) is 2. The molecular formula is C19H15Cl2N3O. The van der Waals surface area contributed by atoms with Crippen LogP contribution in [0.1, 0.15) is 15.9 Å². The van der Waals surface area contributed by atoms with Crippen molar-refractivity contribution < 1.29 is 4.79 Å². The van der Waals surface area contributed by atoms with Crippen molar-refractivity contribution >= 4 is 34.8 Å². The number of carbonyl (C=O) groups excluding carboxylic acids is 1. The van der Waals surface area contributed by atoms with E-state index in [2.05, 4.69) is 10.3 Å². The molecule has 0 aliphatic heterocycles. The fourth-order valence-corrected chi connectivity index (χ4v) is 2.94. The molecule has 0 saturated carbocycles. The molecule has 0 unspecified atom stereocenters. The fourth-order valence-electron chi connectivity index (χ4n) is 2.43. The lowest BCUT2D eigenvalue weighted by Gasteiger charge is -2.11. The number of benzene rings is 2. The molecule has 25 heavy (non-hydrogen) atoms. The van der Waals surface area contributed by atoms with Gasteiger partial charge in [0.1, 0.15) is 0 Å². The average molecular weight is 372 g/mol. The van der Waals surface area contributed by atoms with Crippen LogP contribution in [0.3, 0.4) is 0 Å². The summed E-state index contributed by atoms with van der Waals surface area (Å²) in [5.41, 5.74) is 8.80. The molecule has 3 rings (SSSR count). The second kappa shape index (κ2) is 7.66. The molecule has 0 atom stereocenters. The van der Waals surface area contributed by atoms with E-state index in [0.29, 0.717) is 21.3 Å². The van der Waals surface area contributed by atoms with Gasteiger partial charge in [-0.2, -0.15) is 0 Å². The molecule has 0 bridgehead atoms. The quantitative estimate of drug-likeness (QED) is 0.694. The molecule has 2 aromatic carbocycles. The Morgan fingerprint density at radius 2 is 1.92 bits per heavy atom. The molecule has 0 aliphatic carbocycles. The summed E-state index contributed by atoms with van der Waals surface area (Å²) in [5, 5.41) is 3.75. The number of aromatic nitrogens is 1. The van der Waals surface area contributed by atoms with Gasteiger partial charge < -0.3 is 11.1 Å². The van der Waals surface area contributed by atoms with Crippen LogP contribution >= 0.6 is 23.2 Å². The number of hydrogen-bond acceptors (Lipinski definition) is 3. The zero-order chi connectivity index (χ0) is 17.8. The molecule has 0 spiro atoms. The monoisotopic (exact) mass is 371 g/mol. The summed E-state index contributed by atoms with van der Waals surface area (Å²) in [6.07, 6.45) is 1.69. The first kappa shape index (κ1) is 17.4. The van der Waals surface area contributed by atoms with Gasteiger partial charge in [0.25, 0.3) is 5.91 Å². The first-order valence-electron chi connectivity index (χ1n) is 7.60. The highest BCUT2D eigenvalue weighted by molar-refractivity contribution is 6.35. The van der Waals surface area contributed by atoms with Crippen molar-refractivity contribution in [3.8, 4) is 11.3 Å². The number of nitrogens with zero attached hydrogens (tertiary/aromatic N) is 1. The van der Waals surface area contributed by atoms with E-state index < -0.39 is 0 Å². The SMILES string of the molecule is NCc1cccc(C(=O)Nc2ccc(Cl)c(-c3ccccn3)c2)c1Cl. The number of halogens is 2. The zero-order valence-electron chi connectivity index (χ0n) is 13.2. The van der Waals surface area contributed by atoms with E-state index in [1.165, 1.54) is 0 Å². The lowest BCUT2D eigenvalue weighted by molar-refractivity contribution is 0.102. The highest BCUT2D eigenvalue weighted by Crippen LogP contribution is 2.30. The van der Waals surface area contributed by atoms with E-state index in [9.17, 15) is 4.79 Å². The molecule has 0 fully saturated rings. The molecule has 1 aromatic heterocycles. The predicted octanol–water partition coefficient (Wildman–Crippen LogP) is 4.77. The summed E-state index contributed by atoms with van der Waals surface area (Å²) in [5.74, 6) is -0.311. The highest BCUT2D eigenvalue weighted by Gasteiger charge is 2.14. The van der Waals surface area contributed by atoms with Gasteiger partial charge >= 0.3 is 0 Å². The Labute approximate surface area is 155 Å². The maximum Gasteiger partial charge on any atom is 0.257 e. The molecule has 0 aliphatic rings. The molecule has 0 radical (unpaired) electrons. The number of rotatable bonds is 4. The lowest BCUT2D eigenvalue weighted by atomic mass is 10.1. The lowest BCUT2D eigenvalue weighted by Crippen LogP contribution is -2.13. The van der Waals surface area contributed by atoms with Gasteiger partial charge in [-0.25, -0.2) is 0 Å². The van der Waals surface area contributed by atoms with Gasteiger partial charge in [0.2, 0.25) is 0 Å². The summed E-state index contributed by atoms with van der Waals surface area (Å²) in [6, 6.07) is 16.0. The molecule has 6 heteroatoms. The minimum Gasteiger partial charge on any atom is -0.326 e. The van der Waals surface area contributed by atoms with Crippen molar-refractivity contribution in [1.29, 1.82) is 0 Å². The van der Waals surface area contributed by atoms with Crippen molar-refractivity contribution in [3.63, 3.8) is 0 Å². The minimum absolute atomic E-state index is 0.269. The average Bonchev–Trinajstić information content (AvgIpc) is 2.64. The van der Waals surface area contributed by atoms with Crippen LogP contribution in [0.2, 0.25) is 10.0 Å². The first-order valence-corrected chi connectivity index (χ1v) is 8.35. The third-order valence-electron chi connectivity index (χ3n) is 3.71. The second-order valence-electron chi connectivity index (χ2n) is 5.35. The molecule has 126 valence electrons. The Balaban J connectivity index is 1.90. The molecule has 3 N–H and O–H groups in total. The van der Waals surface area contributed by atoms with Gasteiger partial charge in [-0.05, 0) is 42.0 Å². The number of amides is 1. The van der Waals surface area contributed by atoms with Gasteiger partial charge in [0.05, 0.1) is 21.3 Å². The Bertz CT molecular complexity index is 914. The van der Waals surface area contributed by atoms with E-state index in [-0.39, 0.29) is 12.5 Å². The summed E-state index contributed by atoms with van der Waals surface area (Å²) >= 11 is 12.5. The van der Waals surface area contributed by atoms with Crippen LogP contribution < -0.4 is 11.1 Å². The van der Waals surface area contributed by atoms with Crippen LogP contribution in [0.4, 0.5) is 5.69 Å². The van der Waals surface area contributed by atoms with Crippen LogP contribution in [-0.2, 0) is 6.54 Å². The third kappa shape index (κ3) is 3.82. The Kier molecular flexibility index (Phi) is 5.34. The number of pyridine rings is 1. The van der Waals surface area contributed by atoms with Gasteiger partial charge in [0, 0.05) is 24.0 Å². The minimum atomic E-state index is -0.311. The Hall–Kier alpha value is -2.40. The van der Waals surface area contributed by atoms with Crippen LogP contribution in [0.25, 0.3) is 11.3 Å². The van der Waals surface area contributed by atoms with E-state index in [1.54, 1.807) is 42.6 Å². The third-order valence-corrected chi connectivity index (χ3v) is 4.48. The highest BCUT2D eigenvalue weighted by atomic mass is 35.5. The van der Waals surface area contributed by atoms with Crippen molar-refractivity contribution in [3.05, 3.63) is 82.0 Å². The summed E-state index contributed by atoms with van der Waals surface area (Å²) in [7, 11) is 0. The largest absolute Gasteiger partial charge is 0.326 e. The van der Waals surface area contributed by atoms with Crippen LogP contribution in [0, 0.1) is 0 Å². The fraction of sp³-hybridized carbons (Fsp3) is 0.0526. The molecule has 1 amide bonds. The molecular weight excluding hydrogens is 357 g/mol. The second-order valence-corrected chi connectivity index (χ2v) is 6.13. The Morgan fingerprint density at radius 1 is 1.08 bits per heavy atom. The van der Waals surface area contributed by atoms with E-state index in [4.69, 9.17) is 28.9 Å². The van der Waals surface area contributed by atoms with Gasteiger partial charge in [-0.3, -0.25) is 9.78 Å². The van der Waals surface area contributed by atoms with Crippen molar-refractivity contribution in [2.75, 3.05) is 5.32 Å². The van der Waals surface area contributed by atoms with Crippen LogP contribution in [0.5, 0.6) is 0 Å². The van der Waals surface area contributed by atoms with Crippen LogP contribution in [-0.4, -0.2) is 10.9 Å². The predicted molar refractivity (Wildman–Crippen MR) is 102 cm³/mol. The molecule has 3 aromatic rings. The van der Waals surface area contributed by atoms with Crippen molar-refractivity contribution in [1.82, 2.24) is 4.98 Å². The molecule has 4 nitrogen and oxygen atoms in total. The van der Waals surface area contributed by atoms with E-state index in [0.717, 1.165) is 16.8 Å². The van der Waals surface area contributed by atoms with E-state index in [1.807, 2.05) is 18.2 Å². The summed E-state index contributed by atoms with van der Waals surface area (Å²) < 4.78 is 0. The molecule has 1 heterocycles. The standard InChI is InChI=1S/C19H15Cl2N3O/c20-16-8-7-13(10-15(16)17-6-1-2-9-23-17)24-19(25)14-5-3-4-12(11-22)18(14)21/h1-10H,11,22H2,(H,24,25). The van der Waals surface area contributed by atoms with Crippen molar-refractivity contribution in [2.45, 2.75) is 6.54 Å². The topological polar surface area (TPSA) is 68.0 Å². The number of anilines is 1. The van der Waals surface area contributed by atoms with Crippen LogP contribution in [0.15, 0.2) is 60.8 Å². The summed E-state index contributed by atoms with van der Waals surface area (Å²) in [4.78, 5) is 16.8. The number of nitrogens with two attached hydrogens (primary N) is 1.